The molecule has 0 unspecified atom stereocenters. The maximum absolute atomic E-state index is 10.6. The molecule has 2 rings (SSSR count). The Labute approximate surface area is 94.6 Å². The zero-order chi connectivity index (χ0) is 11.7. The number of hydrogen-bond donors (Lipinski definition) is 1. The van der Waals surface area contributed by atoms with Crippen LogP contribution >= 0.6 is 11.6 Å². The standard InChI is InChI=1S/C8H6ClN5O2/c9-5-1-8(14(15)16)6(10)2-7(5)13-4-11-3-12-13/h1-4H,10H2. The maximum Gasteiger partial charge on any atom is 0.293 e. The van der Waals surface area contributed by atoms with E-state index in [1.807, 2.05) is 0 Å². The number of nitrogens with zero attached hydrogens (tertiary/aromatic N) is 4. The predicted octanol–water partition coefficient (Wildman–Crippen LogP) is 1.41. The van der Waals surface area contributed by atoms with Crippen LogP contribution in [-0.2, 0) is 0 Å². The van der Waals surface area contributed by atoms with Crippen LogP contribution in [0.5, 0.6) is 0 Å². The molecular formula is C8H6ClN5O2. The molecule has 0 radical (unpaired) electrons. The van der Waals surface area contributed by atoms with Crippen molar-refractivity contribution in [1.82, 2.24) is 14.8 Å². The van der Waals surface area contributed by atoms with Gasteiger partial charge in [0.05, 0.1) is 15.6 Å². The maximum atomic E-state index is 10.6. The molecule has 0 saturated heterocycles. The summed E-state index contributed by atoms with van der Waals surface area (Å²) in [6, 6.07) is 2.57. The van der Waals surface area contributed by atoms with Gasteiger partial charge in [0.2, 0.25) is 0 Å². The van der Waals surface area contributed by atoms with Crippen molar-refractivity contribution in [2.24, 2.45) is 0 Å². The molecule has 0 aliphatic carbocycles. The summed E-state index contributed by atoms with van der Waals surface area (Å²) in [7, 11) is 0. The Morgan fingerprint density at radius 1 is 1.50 bits per heavy atom. The Hall–Kier alpha value is -2.15. The van der Waals surface area contributed by atoms with E-state index in [9.17, 15) is 10.1 Å². The van der Waals surface area contributed by atoms with Gasteiger partial charge in [0.1, 0.15) is 18.3 Å². The number of anilines is 1. The summed E-state index contributed by atoms with van der Waals surface area (Å²) in [5, 5.41) is 14.6. The van der Waals surface area contributed by atoms with Crippen molar-refractivity contribution in [2.45, 2.75) is 0 Å². The number of nitrogens with two attached hydrogens (primary N) is 1. The minimum absolute atomic E-state index is 0.0277. The topological polar surface area (TPSA) is 99.9 Å². The minimum atomic E-state index is -0.591. The molecule has 82 valence electrons. The fraction of sp³-hybridized carbons (Fsp3) is 0. The van der Waals surface area contributed by atoms with Crippen molar-refractivity contribution in [3.8, 4) is 5.69 Å². The van der Waals surface area contributed by atoms with E-state index >= 15 is 0 Å². The quantitative estimate of drug-likeness (QED) is 0.485. The van der Waals surface area contributed by atoms with Crippen LogP contribution < -0.4 is 5.73 Å². The molecule has 0 saturated carbocycles. The van der Waals surface area contributed by atoms with Gasteiger partial charge >= 0.3 is 0 Å². The first-order chi connectivity index (χ1) is 7.59. The van der Waals surface area contributed by atoms with E-state index in [2.05, 4.69) is 10.1 Å². The summed E-state index contributed by atoms with van der Waals surface area (Å²) >= 11 is 5.89. The molecule has 2 N–H and O–H groups in total. The lowest BCUT2D eigenvalue weighted by Gasteiger charge is -2.05. The molecule has 0 fully saturated rings. The van der Waals surface area contributed by atoms with Gasteiger partial charge in [-0.1, -0.05) is 11.6 Å². The Morgan fingerprint density at radius 3 is 2.81 bits per heavy atom. The monoisotopic (exact) mass is 239 g/mol. The molecule has 0 spiro atoms. The zero-order valence-electron chi connectivity index (χ0n) is 7.87. The van der Waals surface area contributed by atoms with Crippen molar-refractivity contribution < 1.29 is 4.92 Å². The fourth-order valence-electron chi connectivity index (χ4n) is 1.23. The highest BCUT2D eigenvalue weighted by molar-refractivity contribution is 6.32. The van der Waals surface area contributed by atoms with E-state index in [0.29, 0.717) is 5.69 Å². The average molecular weight is 240 g/mol. The summed E-state index contributed by atoms with van der Waals surface area (Å²) in [5.41, 5.74) is 5.78. The van der Waals surface area contributed by atoms with E-state index in [-0.39, 0.29) is 16.4 Å². The lowest BCUT2D eigenvalue weighted by atomic mass is 10.2. The highest BCUT2D eigenvalue weighted by Crippen LogP contribution is 2.30. The summed E-state index contributed by atoms with van der Waals surface area (Å²) < 4.78 is 1.38. The smallest absolute Gasteiger partial charge is 0.293 e. The average Bonchev–Trinajstić information content (AvgIpc) is 2.73. The second kappa shape index (κ2) is 3.78. The molecule has 1 aromatic carbocycles. The van der Waals surface area contributed by atoms with Crippen LogP contribution in [0.25, 0.3) is 5.69 Å². The minimum Gasteiger partial charge on any atom is -0.393 e. The molecule has 0 aliphatic heterocycles. The molecule has 7 nitrogen and oxygen atoms in total. The fourth-order valence-corrected chi connectivity index (χ4v) is 1.48. The number of benzene rings is 1. The number of aromatic nitrogens is 3. The Morgan fingerprint density at radius 2 is 2.25 bits per heavy atom. The third-order valence-corrected chi connectivity index (χ3v) is 2.26. The highest BCUT2D eigenvalue weighted by Gasteiger charge is 2.16. The Balaban J connectivity index is 2.59. The molecule has 16 heavy (non-hydrogen) atoms. The molecule has 1 aromatic heterocycles. The molecule has 0 amide bonds. The van der Waals surface area contributed by atoms with E-state index in [0.717, 1.165) is 0 Å². The van der Waals surface area contributed by atoms with Crippen molar-refractivity contribution in [2.75, 3.05) is 5.73 Å². The first-order valence-electron chi connectivity index (χ1n) is 4.18. The largest absolute Gasteiger partial charge is 0.393 e. The van der Waals surface area contributed by atoms with Gasteiger partial charge in [-0.25, -0.2) is 9.67 Å². The van der Waals surface area contributed by atoms with Crippen LogP contribution in [0.3, 0.4) is 0 Å². The van der Waals surface area contributed by atoms with Gasteiger partial charge < -0.3 is 5.73 Å². The van der Waals surface area contributed by atoms with Crippen molar-refractivity contribution in [3.63, 3.8) is 0 Å². The first-order valence-corrected chi connectivity index (χ1v) is 4.56. The van der Waals surface area contributed by atoms with E-state index in [4.69, 9.17) is 17.3 Å². The van der Waals surface area contributed by atoms with Crippen molar-refractivity contribution in [1.29, 1.82) is 0 Å². The number of rotatable bonds is 2. The summed E-state index contributed by atoms with van der Waals surface area (Å²) in [6.45, 7) is 0. The van der Waals surface area contributed by atoms with E-state index < -0.39 is 4.92 Å². The van der Waals surface area contributed by atoms with Crippen LogP contribution in [-0.4, -0.2) is 19.7 Å². The van der Waals surface area contributed by atoms with Gasteiger partial charge in [-0.2, -0.15) is 5.10 Å². The Kier molecular flexibility index (Phi) is 2.45. The van der Waals surface area contributed by atoms with Crippen LogP contribution in [0.2, 0.25) is 5.02 Å². The second-order valence-corrected chi connectivity index (χ2v) is 3.37. The number of nitro groups is 1. The molecular weight excluding hydrogens is 234 g/mol. The van der Waals surface area contributed by atoms with Crippen molar-refractivity contribution in [3.05, 3.63) is 39.9 Å². The van der Waals surface area contributed by atoms with Crippen LogP contribution in [0.15, 0.2) is 24.8 Å². The van der Waals surface area contributed by atoms with E-state index in [1.165, 1.54) is 29.5 Å². The Bertz CT molecular complexity index is 540. The summed E-state index contributed by atoms with van der Waals surface area (Å²) in [6.07, 6.45) is 2.75. The van der Waals surface area contributed by atoms with Gasteiger partial charge in [0, 0.05) is 6.07 Å². The van der Waals surface area contributed by atoms with Crippen LogP contribution in [0, 0.1) is 10.1 Å². The molecule has 0 aliphatic rings. The predicted molar refractivity (Wildman–Crippen MR) is 57.4 cm³/mol. The summed E-state index contributed by atoms with van der Waals surface area (Å²) in [5.74, 6) is 0. The number of halogens is 1. The second-order valence-electron chi connectivity index (χ2n) is 2.96. The number of hydrogen-bond acceptors (Lipinski definition) is 5. The molecule has 8 heteroatoms. The third-order valence-electron chi connectivity index (χ3n) is 1.96. The first kappa shape index (κ1) is 10.4. The molecule has 2 aromatic rings. The van der Waals surface area contributed by atoms with E-state index in [1.54, 1.807) is 0 Å². The van der Waals surface area contributed by atoms with Crippen molar-refractivity contribution >= 4 is 23.0 Å². The zero-order valence-corrected chi connectivity index (χ0v) is 8.63. The number of nitro benzene ring substituents is 1. The lowest BCUT2D eigenvalue weighted by Crippen LogP contribution is -2.01. The number of nitrogen functional groups attached to an aromatic ring is 1. The van der Waals surface area contributed by atoms with Gasteiger partial charge in [0.25, 0.3) is 5.69 Å². The molecule has 0 atom stereocenters. The SMILES string of the molecule is Nc1cc(-n2cncn2)c(Cl)cc1[N+](=O)[O-]. The van der Waals surface area contributed by atoms with Crippen LogP contribution in [0.4, 0.5) is 11.4 Å². The molecule has 0 bridgehead atoms. The van der Waals surface area contributed by atoms with Crippen LogP contribution in [0.1, 0.15) is 0 Å². The normalized spacial score (nSPS) is 10.3. The van der Waals surface area contributed by atoms with Gasteiger partial charge in [-0.05, 0) is 6.07 Å². The van der Waals surface area contributed by atoms with Gasteiger partial charge in [0.15, 0.2) is 0 Å². The summed E-state index contributed by atoms with van der Waals surface area (Å²) in [4.78, 5) is 13.8. The molecule has 1 heterocycles. The lowest BCUT2D eigenvalue weighted by molar-refractivity contribution is -0.383. The van der Waals surface area contributed by atoms with Gasteiger partial charge in [-0.15, -0.1) is 0 Å². The highest BCUT2D eigenvalue weighted by atomic mass is 35.5. The van der Waals surface area contributed by atoms with Gasteiger partial charge in [-0.3, -0.25) is 10.1 Å². The third kappa shape index (κ3) is 1.68.